The first-order chi connectivity index (χ1) is 13.5. The maximum absolute atomic E-state index is 12.6. The van der Waals surface area contributed by atoms with Gasteiger partial charge in [0.25, 0.3) is 11.6 Å². The number of nitrogens with zero attached hydrogens (tertiary/aromatic N) is 5. The highest BCUT2D eigenvalue weighted by Gasteiger charge is 2.23. The number of carbonyl (C=O) groups excluding carboxylic acids is 1. The number of nitro benzene ring substituents is 1. The summed E-state index contributed by atoms with van der Waals surface area (Å²) in [4.78, 5) is 27.2. The summed E-state index contributed by atoms with van der Waals surface area (Å²) in [5.74, 6) is -0.00326. The Hall–Kier alpha value is -2.97. The van der Waals surface area contributed by atoms with Gasteiger partial charge < -0.3 is 4.90 Å². The van der Waals surface area contributed by atoms with Crippen LogP contribution in [0.4, 0.5) is 5.69 Å². The lowest BCUT2D eigenvalue weighted by Gasteiger charge is -2.34. The van der Waals surface area contributed by atoms with E-state index in [2.05, 4.69) is 10.00 Å². The average molecular weight is 400 g/mol. The fourth-order valence-electron chi connectivity index (χ4n) is 3.34. The van der Waals surface area contributed by atoms with Crippen molar-refractivity contribution in [2.45, 2.75) is 6.67 Å². The lowest BCUT2D eigenvalue weighted by molar-refractivity contribution is -0.384. The molecule has 2 aromatic carbocycles. The van der Waals surface area contributed by atoms with Crippen LogP contribution in [0.25, 0.3) is 10.9 Å². The molecule has 1 amide bonds. The molecule has 1 aliphatic rings. The van der Waals surface area contributed by atoms with Crippen LogP contribution in [0.5, 0.6) is 0 Å². The predicted molar refractivity (Wildman–Crippen MR) is 105 cm³/mol. The van der Waals surface area contributed by atoms with Crippen molar-refractivity contribution in [1.82, 2.24) is 19.6 Å². The number of rotatable bonds is 4. The molecule has 1 saturated heterocycles. The monoisotopic (exact) mass is 399 g/mol. The first kappa shape index (κ1) is 18.4. The smallest absolute Gasteiger partial charge is 0.271 e. The van der Waals surface area contributed by atoms with E-state index in [1.54, 1.807) is 47.3 Å². The zero-order valence-corrected chi connectivity index (χ0v) is 15.7. The fourth-order valence-corrected chi connectivity index (χ4v) is 3.47. The first-order valence-electron chi connectivity index (χ1n) is 8.88. The fraction of sp³-hybridized carbons (Fsp3) is 0.263. The molecule has 1 fully saturated rings. The quantitative estimate of drug-likeness (QED) is 0.497. The molecule has 28 heavy (non-hydrogen) atoms. The van der Waals surface area contributed by atoms with Gasteiger partial charge in [0.1, 0.15) is 0 Å². The van der Waals surface area contributed by atoms with Crippen molar-refractivity contribution in [2.24, 2.45) is 0 Å². The van der Waals surface area contributed by atoms with Gasteiger partial charge in [-0.1, -0.05) is 11.6 Å². The third-order valence-corrected chi connectivity index (χ3v) is 5.18. The van der Waals surface area contributed by atoms with Gasteiger partial charge in [-0.25, -0.2) is 0 Å². The van der Waals surface area contributed by atoms with Crippen LogP contribution in [0.3, 0.4) is 0 Å². The topological polar surface area (TPSA) is 84.5 Å². The van der Waals surface area contributed by atoms with Crippen LogP contribution >= 0.6 is 11.6 Å². The number of non-ortho nitro benzene ring substituents is 1. The molecule has 0 aliphatic carbocycles. The van der Waals surface area contributed by atoms with Crippen LogP contribution in [0.15, 0.2) is 48.7 Å². The van der Waals surface area contributed by atoms with Crippen LogP contribution in [0.2, 0.25) is 5.02 Å². The van der Waals surface area contributed by atoms with Crippen molar-refractivity contribution in [3.63, 3.8) is 0 Å². The van der Waals surface area contributed by atoms with E-state index in [0.717, 1.165) is 10.9 Å². The summed E-state index contributed by atoms with van der Waals surface area (Å²) in [6.45, 7) is 3.15. The average Bonchev–Trinajstić information content (AvgIpc) is 3.10. The first-order valence-corrected chi connectivity index (χ1v) is 9.26. The third kappa shape index (κ3) is 3.69. The number of amides is 1. The number of halogens is 1. The Morgan fingerprint density at radius 2 is 1.82 bits per heavy atom. The molecule has 0 saturated carbocycles. The van der Waals surface area contributed by atoms with Gasteiger partial charge in [0.15, 0.2) is 0 Å². The van der Waals surface area contributed by atoms with Gasteiger partial charge in [-0.05, 0) is 30.3 Å². The Kier molecular flexibility index (Phi) is 4.97. The standard InChI is InChI=1S/C19H18ClN5O3/c20-16-4-1-14(2-5-16)19(26)23-9-7-22(8-10-23)13-24-18-11-17(25(27)28)6-3-15(18)12-21-24/h1-6,11-12H,7-10,13H2. The maximum atomic E-state index is 12.6. The van der Waals surface area contributed by atoms with Gasteiger partial charge in [0, 0.05) is 54.3 Å². The predicted octanol–water partition coefficient (Wildman–Crippen LogP) is 3.01. The summed E-state index contributed by atoms with van der Waals surface area (Å²) >= 11 is 5.88. The molecule has 144 valence electrons. The molecule has 0 unspecified atom stereocenters. The molecular formula is C19H18ClN5O3. The number of hydrogen-bond donors (Lipinski definition) is 0. The van der Waals surface area contributed by atoms with Crippen molar-refractivity contribution in [1.29, 1.82) is 0 Å². The molecule has 0 spiro atoms. The van der Waals surface area contributed by atoms with Crippen molar-refractivity contribution >= 4 is 34.1 Å². The van der Waals surface area contributed by atoms with Gasteiger partial charge in [0.2, 0.25) is 0 Å². The Balaban J connectivity index is 1.41. The highest BCUT2D eigenvalue weighted by Crippen LogP contribution is 2.21. The van der Waals surface area contributed by atoms with Crippen LogP contribution < -0.4 is 0 Å². The zero-order valence-electron chi connectivity index (χ0n) is 15.0. The van der Waals surface area contributed by atoms with E-state index in [9.17, 15) is 14.9 Å². The van der Waals surface area contributed by atoms with Crippen molar-refractivity contribution in [2.75, 3.05) is 26.2 Å². The summed E-state index contributed by atoms with van der Waals surface area (Å²) < 4.78 is 1.76. The van der Waals surface area contributed by atoms with E-state index in [4.69, 9.17) is 11.6 Å². The second-order valence-electron chi connectivity index (χ2n) is 6.70. The Labute approximate surface area is 166 Å². The summed E-state index contributed by atoms with van der Waals surface area (Å²) in [6.07, 6.45) is 1.71. The van der Waals surface area contributed by atoms with E-state index >= 15 is 0 Å². The van der Waals surface area contributed by atoms with Gasteiger partial charge in [-0.15, -0.1) is 0 Å². The van der Waals surface area contributed by atoms with Crippen molar-refractivity contribution in [3.8, 4) is 0 Å². The van der Waals surface area contributed by atoms with E-state index in [-0.39, 0.29) is 11.6 Å². The lowest BCUT2D eigenvalue weighted by Crippen LogP contribution is -2.49. The molecule has 2 heterocycles. The highest BCUT2D eigenvalue weighted by atomic mass is 35.5. The Morgan fingerprint density at radius 1 is 1.11 bits per heavy atom. The van der Waals surface area contributed by atoms with Crippen molar-refractivity contribution in [3.05, 3.63) is 69.4 Å². The number of aromatic nitrogens is 2. The molecule has 0 bridgehead atoms. The molecule has 3 aromatic rings. The van der Waals surface area contributed by atoms with Crippen molar-refractivity contribution < 1.29 is 9.72 Å². The van der Waals surface area contributed by atoms with Gasteiger partial charge in [-0.2, -0.15) is 5.10 Å². The number of fused-ring (bicyclic) bond motifs is 1. The molecule has 4 rings (SSSR count). The molecule has 0 atom stereocenters. The lowest BCUT2D eigenvalue weighted by atomic mass is 10.2. The summed E-state index contributed by atoms with van der Waals surface area (Å²) in [6, 6.07) is 11.6. The molecule has 0 radical (unpaired) electrons. The van der Waals surface area contributed by atoms with E-state index in [0.29, 0.717) is 43.4 Å². The van der Waals surface area contributed by atoms with E-state index < -0.39 is 4.92 Å². The third-order valence-electron chi connectivity index (χ3n) is 4.92. The van der Waals surface area contributed by atoms with E-state index in [1.807, 2.05) is 4.90 Å². The molecule has 1 aromatic heterocycles. The Bertz CT molecular complexity index is 1030. The van der Waals surface area contributed by atoms with Gasteiger partial charge in [-0.3, -0.25) is 24.5 Å². The number of carbonyl (C=O) groups is 1. The zero-order chi connectivity index (χ0) is 19.7. The molecule has 0 N–H and O–H groups in total. The van der Waals surface area contributed by atoms with Crippen LogP contribution in [0.1, 0.15) is 10.4 Å². The number of nitro groups is 1. The molecule has 1 aliphatic heterocycles. The SMILES string of the molecule is O=C(c1ccc(Cl)cc1)N1CCN(Cn2ncc3ccc([N+](=O)[O-])cc32)CC1. The summed E-state index contributed by atoms with van der Waals surface area (Å²) in [5, 5.41) is 16.9. The molecular weight excluding hydrogens is 382 g/mol. The van der Waals surface area contributed by atoms with Crippen LogP contribution in [-0.4, -0.2) is 56.6 Å². The minimum atomic E-state index is -0.405. The minimum Gasteiger partial charge on any atom is -0.336 e. The molecule has 9 heteroatoms. The molecule has 8 nitrogen and oxygen atoms in total. The van der Waals surface area contributed by atoms with Crippen LogP contribution in [0, 0.1) is 10.1 Å². The second kappa shape index (κ2) is 7.57. The van der Waals surface area contributed by atoms with E-state index in [1.165, 1.54) is 6.07 Å². The van der Waals surface area contributed by atoms with Gasteiger partial charge in [0.05, 0.1) is 23.3 Å². The second-order valence-corrected chi connectivity index (χ2v) is 7.14. The largest absolute Gasteiger partial charge is 0.336 e. The maximum Gasteiger partial charge on any atom is 0.271 e. The summed E-state index contributed by atoms with van der Waals surface area (Å²) in [7, 11) is 0. The minimum absolute atomic E-state index is 0.00326. The number of piperazine rings is 1. The van der Waals surface area contributed by atoms with Crippen LogP contribution in [-0.2, 0) is 6.67 Å². The number of benzene rings is 2. The highest BCUT2D eigenvalue weighted by molar-refractivity contribution is 6.30. The summed E-state index contributed by atoms with van der Waals surface area (Å²) in [5.41, 5.74) is 1.41. The van der Waals surface area contributed by atoms with Gasteiger partial charge >= 0.3 is 0 Å². The normalized spacial score (nSPS) is 15.1. The number of hydrogen-bond acceptors (Lipinski definition) is 5. The Morgan fingerprint density at radius 3 is 2.50 bits per heavy atom.